The van der Waals surface area contributed by atoms with E-state index < -0.39 is 10.0 Å². The Morgan fingerprint density at radius 3 is 2.48 bits per heavy atom. The van der Waals surface area contributed by atoms with Gasteiger partial charge >= 0.3 is 0 Å². The summed E-state index contributed by atoms with van der Waals surface area (Å²) in [4.78, 5) is 6.30. The largest absolute Gasteiger partial charge is 0.372 e. The van der Waals surface area contributed by atoms with Gasteiger partial charge in [0.1, 0.15) is 10.7 Å². The van der Waals surface area contributed by atoms with Gasteiger partial charge in [-0.05, 0) is 42.5 Å². The number of halogens is 1. The lowest BCUT2D eigenvalue weighted by molar-refractivity contribution is 0.333. The van der Waals surface area contributed by atoms with E-state index in [0.29, 0.717) is 29.9 Å². The van der Waals surface area contributed by atoms with Crippen LogP contribution >= 0.6 is 15.9 Å². The van der Waals surface area contributed by atoms with Crippen LogP contribution in [0.15, 0.2) is 21.6 Å². The zero-order valence-electron chi connectivity index (χ0n) is 12.9. The van der Waals surface area contributed by atoms with E-state index in [2.05, 4.69) is 26.2 Å². The smallest absolute Gasteiger partial charge is 0.246 e. The van der Waals surface area contributed by atoms with Gasteiger partial charge in [0.25, 0.3) is 0 Å². The standard InChI is InChI=1S/C13H23BrN4O2S/c1-5-6-18(8-7-17(3)4)21(19,20)12-9-11(14)10-16-13(12)15-2/h9-10H,5-8H2,1-4H3,(H,15,16). The van der Waals surface area contributed by atoms with Crippen LogP contribution in [0.1, 0.15) is 13.3 Å². The molecule has 1 heterocycles. The van der Waals surface area contributed by atoms with Gasteiger partial charge < -0.3 is 10.2 Å². The van der Waals surface area contributed by atoms with Crippen LogP contribution < -0.4 is 5.32 Å². The number of aromatic nitrogens is 1. The molecule has 1 aromatic heterocycles. The van der Waals surface area contributed by atoms with E-state index in [9.17, 15) is 8.42 Å². The van der Waals surface area contributed by atoms with Crippen molar-refractivity contribution in [3.8, 4) is 0 Å². The van der Waals surface area contributed by atoms with Crippen molar-refractivity contribution in [1.82, 2.24) is 14.2 Å². The molecule has 1 N–H and O–H groups in total. The topological polar surface area (TPSA) is 65.5 Å². The third kappa shape index (κ3) is 4.91. The molecule has 0 radical (unpaired) electrons. The summed E-state index contributed by atoms with van der Waals surface area (Å²) in [5.74, 6) is 0.365. The van der Waals surface area contributed by atoms with E-state index in [0.717, 1.165) is 6.42 Å². The Kier molecular flexibility index (Phi) is 7.05. The van der Waals surface area contributed by atoms with Crippen LogP contribution in [-0.2, 0) is 10.0 Å². The van der Waals surface area contributed by atoms with Crippen LogP contribution in [-0.4, -0.2) is 63.4 Å². The van der Waals surface area contributed by atoms with Gasteiger partial charge in [-0.15, -0.1) is 0 Å². The molecule has 0 amide bonds. The number of sulfonamides is 1. The fraction of sp³-hybridized carbons (Fsp3) is 0.615. The lowest BCUT2D eigenvalue weighted by Crippen LogP contribution is -2.37. The van der Waals surface area contributed by atoms with Crippen LogP contribution in [0.4, 0.5) is 5.82 Å². The SMILES string of the molecule is CCCN(CCN(C)C)S(=O)(=O)c1cc(Br)cnc1NC. The number of nitrogens with one attached hydrogen (secondary N) is 1. The Morgan fingerprint density at radius 2 is 1.95 bits per heavy atom. The molecule has 6 nitrogen and oxygen atoms in total. The van der Waals surface area contributed by atoms with Gasteiger partial charge in [0.05, 0.1) is 0 Å². The van der Waals surface area contributed by atoms with Crippen molar-refractivity contribution in [2.45, 2.75) is 18.2 Å². The summed E-state index contributed by atoms with van der Waals surface area (Å²) in [6.45, 7) is 3.59. The Hall–Kier alpha value is -0.700. The number of hydrogen-bond acceptors (Lipinski definition) is 5. The Bertz CT molecular complexity index is 563. The summed E-state index contributed by atoms with van der Waals surface area (Å²) >= 11 is 3.29. The second-order valence-corrected chi connectivity index (χ2v) is 7.78. The zero-order valence-corrected chi connectivity index (χ0v) is 15.3. The first kappa shape index (κ1) is 18.3. The van der Waals surface area contributed by atoms with Gasteiger partial charge in [0.2, 0.25) is 10.0 Å². The normalized spacial score (nSPS) is 12.1. The second kappa shape index (κ2) is 8.07. The fourth-order valence-electron chi connectivity index (χ4n) is 1.86. The van der Waals surface area contributed by atoms with E-state index >= 15 is 0 Å². The average molecular weight is 379 g/mol. The summed E-state index contributed by atoms with van der Waals surface area (Å²) in [7, 11) is 1.95. The van der Waals surface area contributed by atoms with Crippen LogP contribution in [0.3, 0.4) is 0 Å². The highest BCUT2D eigenvalue weighted by Gasteiger charge is 2.27. The van der Waals surface area contributed by atoms with Crippen molar-refractivity contribution in [3.05, 3.63) is 16.7 Å². The molecule has 8 heteroatoms. The molecule has 0 aromatic carbocycles. The lowest BCUT2D eigenvalue weighted by atomic mass is 10.4. The minimum Gasteiger partial charge on any atom is -0.372 e. The lowest BCUT2D eigenvalue weighted by Gasteiger charge is -2.24. The molecule has 21 heavy (non-hydrogen) atoms. The third-order valence-corrected chi connectivity index (χ3v) is 5.29. The van der Waals surface area contributed by atoms with E-state index in [-0.39, 0.29) is 4.90 Å². The Labute approximate surface area is 135 Å². The summed E-state index contributed by atoms with van der Waals surface area (Å²) in [6, 6.07) is 1.59. The van der Waals surface area contributed by atoms with Gasteiger partial charge in [-0.2, -0.15) is 4.31 Å². The van der Waals surface area contributed by atoms with E-state index in [1.165, 1.54) is 4.31 Å². The predicted molar refractivity (Wildman–Crippen MR) is 89.1 cm³/mol. The molecule has 1 rings (SSSR count). The molecule has 0 fully saturated rings. The predicted octanol–water partition coefficient (Wildman–Crippen LogP) is 1.85. The highest BCUT2D eigenvalue weighted by Crippen LogP contribution is 2.25. The van der Waals surface area contributed by atoms with E-state index in [4.69, 9.17) is 0 Å². The molecule has 0 unspecified atom stereocenters. The highest BCUT2D eigenvalue weighted by molar-refractivity contribution is 9.10. The van der Waals surface area contributed by atoms with Crippen LogP contribution in [0, 0.1) is 0 Å². The van der Waals surface area contributed by atoms with Crippen molar-refractivity contribution in [1.29, 1.82) is 0 Å². The molecule has 0 saturated carbocycles. The van der Waals surface area contributed by atoms with Crippen LogP contribution in [0.5, 0.6) is 0 Å². The second-order valence-electron chi connectivity index (χ2n) is 4.96. The Balaban J connectivity index is 3.18. The van der Waals surface area contributed by atoms with Crippen molar-refractivity contribution >= 4 is 31.8 Å². The minimum atomic E-state index is -3.57. The molecule has 0 saturated heterocycles. The van der Waals surface area contributed by atoms with Gasteiger partial charge in [0, 0.05) is 37.4 Å². The van der Waals surface area contributed by atoms with E-state index in [1.807, 2.05) is 25.9 Å². The molecule has 0 aliphatic carbocycles. The van der Waals surface area contributed by atoms with Crippen LogP contribution in [0.25, 0.3) is 0 Å². The monoisotopic (exact) mass is 378 g/mol. The van der Waals surface area contributed by atoms with Crippen molar-refractivity contribution in [2.75, 3.05) is 46.1 Å². The molecule has 1 aromatic rings. The van der Waals surface area contributed by atoms with E-state index in [1.54, 1.807) is 19.3 Å². The maximum atomic E-state index is 12.9. The molecular formula is C13H23BrN4O2S. The number of hydrogen-bond donors (Lipinski definition) is 1. The number of pyridine rings is 1. The average Bonchev–Trinajstić information content (AvgIpc) is 2.43. The number of anilines is 1. The molecule has 0 aliphatic heterocycles. The van der Waals surface area contributed by atoms with Gasteiger partial charge in [-0.3, -0.25) is 0 Å². The summed E-state index contributed by atoms with van der Waals surface area (Å²) in [5.41, 5.74) is 0. The Morgan fingerprint density at radius 1 is 1.29 bits per heavy atom. The number of rotatable bonds is 8. The molecule has 0 bridgehead atoms. The first-order valence-corrected chi connectivity index (χ1v) is 9.04. The third-order valence-electron chi connectivity index (χ3n) is 2.94. The number of likely N-dealkylation sites (N-methyl/N-ethyl adjacent to an activating group) is 1. The van der Waals surface area contributed by atoms with Crippen LogP contribution in [0.2, 0.25) is 0 Å². The molecule has 0 aliphatic rings. The van der Waals surface area contributed by atoms with Crippen molar-refractivity contribution < 1.29 is 8.42 Å². The molecule has 120 valence electrons. The fourth-order valence-corrected chi connectivity index (χ4v) is 4.04. The maximum Gasteiger partial charge on any atom is 0.246 e. The first-order chi connectivity index (χ1) is 9.82. The first-order valence-electron chi connectivity index (χ1n) is 6.81. The van der Waals surface area contributed by atoms with Gasteiger partial charge in [0.15, 0.2) is 0 Å². The summed E-state index contributed by atoms with van der Waals surface area (Å²) in [6.07, 6.45) is 2.35. The zero-order chi connectivity index (χ0) is 16.0. The maximum absolute atomic E-state index is 12.9. The molecule has 0 atom stereocenters. The summed E-state index contributed by atoms with van der Waals surface area (Å²) in [5, 5.41) is 2.84. The van der Waals surface area contributed by atoms with Crippen molar-refractivity contribution in [2.24, 2.45) is 0 Å². The van der Waals surface area contributed by atoms with Gasteiger partial charge in [-0.25, -0.2) is 13.4 Å². The summed E-state index contributed by atoms with van der Waals surface area (Å²) < 4.78 is 27.9. The highest BCUT2D eigenvalue weighted by atomic mass is 79.9. The molecule has 0 spiro atoms. The van der Waals surface area contributed by atoms with Gasteiger partial charge in [-0.1, -0.05) is 6.92 Å². The minimum absolute atomic E-state index is 0.201. The quantitative estimate of drug-likeness (QED) is 0.747. The van der Waals surface area contributed by atoms with Crippen molar-refractivity contribution in [3.63, 3.8) is 0 Å². The molecular weight excluding hydrogens is 356 g/mol. The number of nitrogens with zero attached hydrogens (tertiary/aromatic N) is 3.